The number of para-hydroxylation sites is 1. The van der Waals surface area contributed by atoms with Gasteiger partial charge in [-0.25, -0.2) is 0 Å². The normalized spacial score (nSPS) is 11.7. The highest BCUT2D eigenvalue weighted by Crippen LogP contribution is 2.28. The molecule has 1 aromatic rings. The van der Waals surface area contributed by atoms with E-state index in [2.05, 4.69) is 6.58 Å². The van der Waals surface area contributed by atoms with Crippen molar-refractivity contribution < 1.29 is 5.11 Å². The van der Waals surface area contributed by atoms with Gasteiger partial charge in [-0.2, -0.15) is 5.26 Å². The standard InChI is InChI=1S/C12H14N2O/c1-2-3-7-11(14)10-6-4-5-9(8-13)12(10)15/h2,4-6,11,15H,1,3,7,14H2/t11-/m0/s1. The number of rotatable bonds is 4. The Balaban J connectivity index is 2.94. The van der Waals surface area contributed by atoms with Crippen LogP contribution in [0.2, 0.25) is 0 Å². The van der Waals surface area contributed by atoms with Crippen LogP contribution in [0.3, 0.4) is 0 Å². The van der Waals surface area contributed by atoms with E-state index in [1.807, 2.05) is 6.07 Å². The van der Waals surface area contributed by atoms with E-state index in [9.17, 15) is 5.11 Å². The molecule has 1 atom stereocenters. The number of hydrogen-bond donors (Lipinski definition) is 2. The van der Waals surface area contributed by atoms with Gasteiger partial charge in [0.2, 0.25) is 0 Å². The number of nitrogens with two attached hydrogens (primary N) is 1. The average Bonchev–Trinajstić information content (AvgIpc) is 2.26. The molecule has 0 unspecified atom stereocenters. The van der Waals surface area contributed by atoms with Gasteiger partial charge >= 0.3 is 0 Å². The van der Waals surface area contributed by atoms with Gasteiger partial charge in [0.15, 0.2) is 0 Å². The lowest BCUT2D eigenvalue weighted by Gasteiger charge is -2.12. The lowest BCUT2D eigenvalue weighted by atomic mass is 9.99. The highest BCUT2D eigenvalue weighted by molar-refractivity contribution is 5.48. The van der Waals surface area contributed by atoms with E-state index < -0.39 is 0 Å². The first-order valence-electron chi connectivity index (χ1n) is 4.79. The summed E-state index contributed by atoms with van der Waals surface area (Å²) in [5, 5.41) is 18.5. The third-order valence-corrected chi connectivity index (χ3v) is 2.27. The smallest absolute Gasteiger partial charge is 0.138 e. The number of benzene rings is 1. The van der Waals surface area contributed by atoms with Gasteiger partial charge in [0.1, 0.15) is 11.8 Å². The van der Waals surface area contributed by atoms with Crippen molar-refractivity contribution in [3.63, 3.8) is 0 Å². The maximum atomic E-state index is 9.73. The first-order chi connectivity index (χ1) is 7.20. The highest BCUT2D eigenvalue weighted by atomic mass is 16.3. The van der Waals surface area contributed by atoms with Gasteiger partial charge in [-0.15, -0.1) is 6.58 Å². The maximum absolute atomic E-state index is 9.73. The molecule has 0 aromatic heterocycles. The minimum Gasteiger partial charge on any atom is -0.506 e. The lowest BCUT2D eigenvalue weighted by molar-refractivity contribution is 0.457. The zero-order chi connectivity index (χ0) is 11.3. The molecule has 0 aliphatic rings. The van der Waals surface area contributed by atoms with Gasteiger partial charge in [0.25, 0.3) is 0 Å². The first kappa shape index (κ1) is 11.3. The topological polar surface area (TPSA) is 70.0 Å². The molecular weight excluding hydrogens is 188 g/mol. The van der Waals surface area contributed by atoms with E-state index in [4.69, 9.17) is 11.0 Å². The molecule has 0 amide bonds. The van der Waals surface area contributed by atoms with Crippen LogP contribution in [-0.2, 0) is 0 Å². The number of aromatic hydroxyl groups is 1. The van der Waals surface area contributed by atoms with Crippen molar-refractivity contribution in [3.8, 4) is 11.8 Å². The van der Waals surface area contributed by atoms with Gasteiger partial charge in [0.05, 0.1) is 5.56 Å². The molecular formula is C12H14N2O. The van der Waals surface area contributed by atoms with Crippen molar-refractivity contribution in [2.24, 2.45) is 5.73 Å². The molecule has 0 bridgehead atoms. The summed E-state index contributed by atoms with van der Waals surface area (Å²) < 4.78 is 0. The molecule has 0 saturated carbocycles. The molecule has 0 fully saturated rings. The highest BCUT2D eigenvalue weighted by Gasteiger charge is 2.12. The largest absolute Gasteiger partial charge is 0.506 e. The molecule has 3 nitrogen and oxygen atoms in total. The fourth-order valence-corrected chi connectivity index (χ4v) is 1.40. The van der Waals surface area contributed by atoms with Gasteiger partial charge in [-0.05, 0) is 18.9 Å². The summed E-state index contributed by atoms with van der Waals surface area (Å²) in [7, 11) is 0. The minimum atomic E-state index is -0.253. The van der Waals surface area contributed by atoms with Crippen LogP contribution in [-0.4, -0.2) is 5.11 Å². The van der Waals surface area contributed by atoms with Crippen molar-refractivity contribution >= 4 is 0 Å². The van der Waals surface area contributed by atoms with Crippen LogP contribution >= 0.6 is 0 Å². The number of allylic oxidation sites excluding steroid dienone is 1. The number of nitriles is 1. The van der Waals surface area contributed by atoms with E-state index in [1.165, 1.54) is 0 Å². The Morgan fingerprint density at radius 3 is 2.93 bits per heavy atom. The van der Waals surface area contributed by atoms with Crippen LogP contribution in [0.1, 0.15) is 30.0 Å². The molecule has 3 heteroatoms. The van der Waals surface area contributed by atoms with Gasteiger partial charge in [-0.1, -0.05) is 18.2 Å². The minimum absolute atomic E-state index is 0.00318. The van der Waals surface area contributed by atoms with Crippen LogP contribution in [0.25, 0.3) is 0 Å². The Kier molecular flexibility index (Phi) is 3.90. The van der Waals surface area contributed by atoms with Gasteiger partial charge in [-0.3, -0.25) is 0 Å². The van der Waals surface area contributed by atoms with Crippen LogP contribution in [0, 0.1) is 11.3 Å². The van der Waals surface area contributed by atoms with Gasteiger partial charge in [0, 0.05) is 11.6 Å². The third kappa shape index (κ3) is 2.58. The van der Waals surface area contributed by atoms with Gasteiger partial charge < -0.3 is 10.8 Å². The second-order valence-electron chi connectivity index (χ2n) is 3.33. The van der Waals surface area contributed by atoms with Crippen molar-refractivity contribution in [3.05, 3.63) is 42.0 Å². The second-order valence-corrected chi connectivity index (χ2v) is 3.33. The Morgan fingerprint density at radius 2 is 2.33 bits per heavy atom. The summed E-state index contributed by atoms with van der Waals surface area (Å²) in [6.45, 7) is 3.61. The predicted octanol–water partition coefficient (Wildman–Crippen LogP) is 2.23. The summed E-state index contributed by atoms with van der Waals surface area (Å²) in [6, 6.07) is 6.70. The zero-order valence-electron chi connectivity index (χ0n) is 8.48. The molecule has 0 spiro atoms. The van der Waals surface area contributed by atoms with Crippen molar-refractivity contribution in [1.29, 1.82) is 5.26 Å². The van der Waals surface area contributed by atoms with Crippen LogP contribution in [0.5, 0.6) is 5.75 Å². The zero-order valence-corrected chi connectivity index (χ0v) is 8.48. The Bertz CT molecular complexity index is 393. The van der Waals surface area contributed by atoms with E-state index in [-0.39, 0.29) is 17.4 Å². The van der Waals surface area contributed by atoms with E-state index in [0.29, 0.717) is 12.0 Å². The van der Waals surface area contributed by atoms with Crippen molar-refractivity contribution in [2.45, 2.75) is 18.9 Å². The fraction of sp³-hybridized carbons (Fsp3) is 0.250. The van der Waals surface area contributed by atoms with Crippen molar-refractivity contribution in [2.75, 3.05) is 0 Å². The molecule has 0 aliphatic carbocycles. The molecule has 0 heterocycles. The molecule has 0 radical (unpaired) electrons. The lowest BCUT2D eigenvalue weighted by Crippen LogP contribution is -2.10. The quantitative estimate of drug-likeness (QED) is 0.735. The third-order valence-electron chi connectivity index (χ3n) is 2.27. The number of phenols is 1. The summed E-state index contributed by atoms with van der Waals surface area (Å²) in [5.41, 5.74) is 6.77. The van der Waals surface area contributed by atoms with E-state index in [1.54, 1.807) is 24.3 Å². The average molecular weight is 202 g/mol. The Labute approximate surface area is 89.5 Å². The molecule has 0 saturated heterocycles. The summed E-state index contributed by atoms with van der Waals surface area (Å²) >= 11 is 0. The summed E-state index contributed by atoms with van der Waals surface area (Å²) in [5.74, 6) is -0.00318. The van der Waals surface area contributed by atoms with Crippen LogP contribution in [0.4, 0.5) is 0 Å². The summed E-state index contributed by atoms with van der Waals surface area (Å²) in [6.07, 6.45) is 3.29. The SMILES string of the molecule is C=CCC[C@H](N)c1cccc(C#N)c1O. The van der Waals surface area contributed by atoms with E-state index >= 15 is 0 Å². The van der Waals surface area contributed by atoms with Crippen LogP contribution < -0.4 is 5.73 Å². The maximum Gasteiger partial charge on any atom is 0.138 e. The molecule has 1 rings (SSSR count). The second kappa shape index (κ2) is 5.18. The Morgan fingerprint density at radius 1 is 1.60 bits per heavy atom. The molecule has 15 heavy (non-hydrogen) atoms. The summed E-state index contributed by atoms with van der Waals surface area (Å²) in [4.78, 5) is 0. The van der Waals surface area contributed by atoms with E-state index in [0.717, 1.165) is 6.42 Å². The monoisotopic (exact) mass is 202 g/mol. The Hall–Kier alpha value is -1.79. The molecule has 78 valence electrons. The first-order valence-corrected chi connectivity index (χ1v) is 4.79. The van der Waals surface area contributed by atoms with Crippen molar-refractivity contribution in [1.82, 2.24) is 0 Å². The molecule has 0 aliphatic heterocycles. The van der Waals surface area contributed by atoms with Crippen LogP contribution in [0.15, 0.2) is 30.9 Å². The molecule has 3 N–H and O–H groups in total. The fourth-order valence-electron chi connectivity index (χ4n) is 1.40. The number of phenolic OH excluding ortho intramolecular Hbond substituents is 1. The predicted molar refractivity (Wildman–Crippen MR) is 59.2 cm³/mol. The number of hydrogen-bond acceptors (Lipinski definition) is 3. The number of nitrogens with zero attached hydrogens (tertiary/aromatic N) is 1. The molecule has 1 aromatic carbocycles.